The van der Waals surface area contributed by atoms with Gasteiger partial charge in [-0.25, -0.2) is 0 Å². The summed E-state index contributed by atoms with van der Waals surface area (Å²) in [4.78, 5) is 11.9. The van der Waals surface area contributed by atoms with E-state index in [1.54, 1.807) is 0 Å². The van der Waals surface area contributed by atoms with Crippen molar-refractivity contribution in [3.8, 4) is 11.8 Å². The van der Waals surface area contributed by atoms with E-state index >= 15 is 0 Å². The first kappa shape index (κ1) is 14.1. The van der Waals surface area contributed by atoms with Gasteiger partial charge in [0.2, 0.25) is 0 Å². The molecule has 0 atom stereocenters. The van der Waals surface area contributed by atoms with Gasteiger partial charge in [0, 0.05) is 0 Å². The maximum absolute atomic E-state index is 11.9. The Balaban J connectivity index is 1.89. The Kier molecular flexibility index (Phi) is 4.64. The van der Waals surface area contributed by atoms with Crippen molar-refractivity contribution in [3.05, 3.63) is 27.8 Å². The second kappa shape index (κ2) is 6.24. The Morgan fingerprint density at radius 1 is 1.42 bits per heavy atom. The predicted octanol–water partition coefficient (Wildman–Crippen LogP) is 2.62. The molecule has 1 saturated carbocycles. The minimum Gasteiger partial charge on any atom is -0.483 e. The predicted molar refractivity (Wildman–Crippen MR) is 79.6 cm³/mol. The fourth-order valence-corrected chi connectivity index (χ4v) is 2.79. The topological polar surface area (TPSA) is 62.1 Å². The van der Waals surface area contributed by atoms with Gasteiger partial charge >= 0.3 is 0 Å². The molecule has 1 aromatic rings. The molecule has 0 aliphatic heterocycles. The molecule has 1 fully saturated rings. The average Bonchev–Trinajstić information content (AvgIpc) is 2.87. The molecular weight excluding hydrogens is 355 g/mol. The number of carbonyl (C=O) groups excluding carboxylic acids is 1. The van der Waals surface area contributed by atoms with Gasteiger partial charge in [0.15, 0.2) is 6.61 Å². The zero-order chi connectivity index (χ0) is 13.7. The number of para-hydroxylation sites is 1. The van der Waals surface area contributed by atoms with Crippen molar-refractivity contribution in [1.29, 1.82) is 5.26 Å². The summed E-state index contributed by atoms with van der Waals surface area (Å²) in [5, 5.41) is 12.0. The summed E-state index contributed by atoms with van der Waals surface area (Å²) in [6.45, 7) is -0.0521. The zero-order valence-electron chi connectivity index (χ0n) is 10.5. The largest absolute Gasteiger partial charge is 0.483 e. The lowest BCUT2D eigenvalue weighted by Gasteiger charge is -2.22. The minimum absolute atomic E-state index is 0.0521. The molecule has 0 radical (unpaired) electrons. The van der Waals surface area contributed by atoms with Crippen LogP contribution in [0.2, 0.25) is 0 Å². The number of nitrogens with zero attached hydrogens (tertiary/aromatic N) is 1. The van der Waals surface area contributed by atoms with E-state index in [4.69, 9.17) is 4.74 Å². The second-order valence-corrected chi connectivity index (χ2v) is 5.83. The number of benzene rings is 1. The maximum atomic E-state index is 11.9. The Morgan fingerprint density at radius 3 is 2.74 bits per heavy atom. The fraction of sp³-hybridized carbons (Fsp3) is 0.429. The van der Waals surface area contributed by atoms with E-state index in [0.29, 0.717) is 5.75 Å². The Labute approximate surface area is 126 Å². The summed E-state index contributed by atoms with van der Waals surface area (Å²) in [7, 11) is 0. The van der Waals surface area contributed by atoms with Crippen LogP contribution in [-0.4, -0.2) is 18.1 Å². The molecule has 0 spiro atoms. The number of carbonyl (C=O) groups is 1. The summed E-state index contributed by atoms with van der Waals surface area (Å²) in [6.07, 6.45) is 3.45. The van der Waals surface area contributed by atoms with Gasteiger partial charge in [-0.3, -0.25) is 4.79 Å². The molecule has 0 heterocycles. The zero-order valence-corrected chi connectivity index (χ0v) is 12.6. The van der Waals surface area contributed by atoms with E-state index in [2.05, 4.69) is 34.0 Å². The highest BCUT2D eigenvalue weighted by molar-refractivity contribution is 14.1. The molecule has 4 nitrogen and oxygen atoms in total. The van der Waals surface area contributed by atoms with Crippen LogP contribution in [-0.2, 0) is 4.79 Å². The number of hydrogen-bond donors (Lipinski definition) is 1. The van der Waals surface area contributed by atoms with Crippen LogP contribution in [0.5, 0.6) is 5.75 Å². The number of amides is 1. The Bertz CT molecular complexity index is 504. The van der Waals surface area contributed by atoms with E-state index in [-0.39, 0.29) is 12.5 Å². The van der Waals surface area contributed by atoms with Gasteiger partial charge in [-0.1, -0.05) is 12.1 Å². The molecule has 19 heavy (non-hydrogen) atoms. The molecule has 0 bridgehead atoms. The van der Waals surface area contributed by atoms with E-state index in [1.165, 1.54) is 0 Å². The number of nitriles is 1. The van der Waals surface area contributed by atoms with Crippen LogP contribution in [0.1, 0.15) is 25.7 Å². The van der Waals surface area contributed by atoms with Gasteiger partial charge in [0.1, 0.15) is 11.3 Å². The summed E-state index contributed by atoms with van der Waals surface area (Å²) < 4.78 is 6.43. The molecule has 1 aliphatic rings. The van der Waals surface area contributed by atoms with Crippen LogP contribution >= 0.6 is 22.6 Å². The van der Waals surface area contributed by atoms with Gasteiger partial charge < -0.3 is 10.1 Å². The molecule has 0 unspecified atom stereocenters. The number of hydrogen-bond acceptors (Lipinski definition) is 3. The number of rotatable bonds is 4. The molecule has 5 heteroatoms. The summed E-state index contributed by atoms with van der Waals surface area (Å²) in [5.74, 6) is 0.457. The smallest absolute Gasteiger partial charge is 0.259 e. The lowest BCUT2D eigenvalue weighted by Crippen LogP contribution is -2.47. The van der Waals surface area contributed by atoms with E-state index in [1.807, 2.05) is 24.3 Å². The van der Waals surface area contributed by atoms with E-state index in [9.17, 15) is 10.1 Å². The van der Waals surface area contributed by atoms with Crippen LogP contribution in [0.15, 0.2) is 24.3 Å². The number of ether oxygens (including phenoxy) is 1. The number of nitrogens with one attached hydrogen (secondary N) is 1. The van der Waals surface area contributed by atoms with Gasteiger partial charge in [-0.05, 0) is 60.4 Å². The van der Waals surface area contributed by atoms with Gasteiger partial charge in [0.05, 0.1) is 9.64 Å². The third kappa shape index (κ3) is 3.60. The normalized spacial score (nSPS) is 16.6. The molecule has 1 amide bonds. The second-order valence-electron chi connectivity index (χ2n) is 4.67. The highest BCUT2D eigenvalue weighted by atomic mass is 127. The highest BCUT2D eigenvalue weighted by Crippen LogP contribution is 2.28. The molecular formula is C14H15IN2O2. The quantitative estimate of drug-likeness (QED) is 0.829. The molecule has 1 N–H and O–H groups in total. The van der Waals surface area contributed by atoms with Crippen LogP contribution in [0, 0.1) is 14.9 Å². The Morgan fingerprint density at radius 2 is 2.11 bits per heavy atom. The van der Waals surface area contributed by atoms with Crippen molar-refractivity contribution in [2.24, 2.45) is 0 Å². The standard InChI is InChI=1S/C14H15IN2O2/c15-11-5-1-2-6-12(11)19-9-13(18)17-14(10-16)7-3-4-8-14/h1-2,5-6H,3-4,7-9H2,(H,17,18). The fourth-order valence-electron chi connectivity index (χ4n) is 2.25. The molecule has 1 aliphatic carbocycles. The Hall–Kier alpha value is -1.29. The van der Waals surface area contributed by atoms with Crippen molar-refractivity contribution < 1.29 is 9.53 Å². The highest BCUT2D eigenvalue weighted by Gasteiger charge is 2.35. The minimum atomic E-state index is -0.676. The molecule has 0 saturated heterocycles. The van der Waals surface area contributed by atoms with Crippen LogP contribution in [0.25, 0.3) is 0 Å². The lowest BCUT2D eigenvalue weighted by molar-refractivity contribution is -0.124. The van der Waals surface area contributed by atoms with Crippen LogP contribution in [0.3, 0.4) is 0 Å². The van der Waals surface area contributed by atoms with Gasteiger partial charge in [0.25, 0.3) is 5.91 Å². The first-order chi connectivity index (χ1) is 9.15. The molecule has 0 aromatic heterocycles. The average molecular weight is 370 g/mol. The van der Waals surface area contributed by atoms with Crippen molar-refractivity contribution in [2.45, 2.75) is 31.2 Å². The third-order valence-corrected chi connectivity index (χ3v) is 4.14. The number of halogens is 1. The van der Waals surface area contributed by atoms with Crippen molar-refractivity contribution in [2.75, 3.05) is 6.61 Å². The maximum Gasteiger partial charge on any atom is 0.259 e. The van der Waals surface area contributed by atoms with Crippen LogP contribution in [0.4, 0.5) is 0 Å². The SMILES string of the molecule is N#CC1(NC(=O)COc2ccccc2I)CCCC1. The third-order valence-electron chi connectivity index (χ3n) is 3.25. The van der Waals surface area contributed by atoms with Gasteiger partial charge in [-0.2, -0.15) is 5.26 Å². The molecule has 2 rings (SSSR count). The molecule has 100 valence electrons. The van der Waals surface area contributed by atoms with Crippen molar-refractivity contribution in [1.82, 2.24) is 5.32 Å². The first-order valence-corrected chi connectivity index (χ1v) is 7.33. The van der Waals surface area contributed by atoms with Crippen molar-refractivity contribution >= 4 is 28.5 Å². The molecule has 1 aromatic carbocycles. The monoisotopic (exact) mass is 370 g/mol. The van der Waals surface area contributed by atoms with Crippen LogP contribution < -0.4 is 10.1 Å². The van der Waals surface area contributed by atoms with E-state index < -0.39 is 5.54 Å². The van der Waals surface area contributed by atoms with Crippen molar-refractivity contribution in [3.63, 3.8) is 0 Å². The van der Waals surface area contributed by atoms with E-state index in [0.717, 1.165) is 29.3 Å². The van der Waals surface area contributed by atoms with Gasteiger partial charge in [-0.15, -0.1) is 0 Å². The summed E-state index contributed by atoms with van der Waals surface area (Å²) >= 11 is 2.16. The lowest BCUT2D eigenvalue weighted by atomic mass is 10.00. The first-order valence-electron chi connectivity index (χ1n) is 6.25. The summed E-state index contributed by atoms with van der Waals surface area (Å²) in [5.41, 5.74) is -0.676. The summed E-state index contributed by atoms with van der Waals surface area (Å²) in [6, 6.07) is 9.75.